The van der Waals surface area contributed by atoms with Crippen molar-refractivity contribution in [2.75, 3.05) is 13.2 Å². The average Bonchev–Trinajstić information content (AvgIpc) is 3.16. The lowest BCUT2D eigenvalue weighted by atomic mass is 9.51. The van der Waals surface area contributed by atoms with Gasteiger partial charge in [0.2, 0.25) is 0 Å². The number of fused-ring (bicyclic) bond motifs is 2. The zero-order valence-electron chi connectivity index (χ0n) is 11.8. The Balaban J connectivity index is 1.90. The van der Waals surface area contributed by atoms with Crippen LogP contribution < -0.4 is 0 Å². The highest BCUT2D eigenvalue weighted by Gasteiger charge is 2.81. The Kier molecular flexibility index (Phi) is 2.28. The lowest BCUT2D eigenvalue weighted by Gasteiger charge is -2.57. The Morgan fingerprint density at radius 1 is 1.50 bits per heavy atom. The molecular formula is C15H20O5. The summed E-state index contributed by atoms with van der Waals surface area (Å²) in [4.78, 5) is 12.3. The van der Waals surface area contributed by atoms with Gasteiger partial charge in [0, 0.05) is 17.3 Å². The van der Waals surface area contributed by atoms with E-state index in [1.807, 2.05) is 19.9 Å². The van der Waals surface area contributed by atoms with Crippen LogP contribution in [0.15, 0.2) is 11.6 Å². The normalized spacial score (nSPS) is 56.7. The van der Waals surface area contributed by atoms with Crippen LogP contribution in [-0.4, -0.2) is 53.1 Å². The molecule has 4 rings (SSSR count). The Morgan fingerprint density at radius 3 is 2.80 bits per heavy atom. The maximum Gasteiger partial charge on any atom is 0.165 e. The average molecular weight is 280 g/mol. The predicted octanol–water partition coefficient (Wildman–Crippen LogP) is 0.191. The fraction of sp³-hybridized carbons (Fsp3) is 0.800. The summed E-state index contributed by atoms with van der Waals surface area (Å²) in [5.74, 6) is 0.0627. The number of hydrogen-bond donors (Lipinski definition) is 2. The van der Waals surface area contributed by atoms with Crippen molar-refractivity contribution in [3.05, 3.63) is 11.6 Å². The molecule has 2 N–H and O–H groups in total. The van der Waals surface area contributed by atoms with Crippen LogP contribution in [0.5, 0.6) is 0 Å². The van der Waals surface area contributed by atoms with E-state index in [1.54, 1.807) is 0 Å². The van der Waals surface area contributed by atoms with Gasteiger partial charge in [-0.15, -0.1) is 0 Å². The third-order valence-electron chi connectivity index (χ3n) is 6.34. The molecule has 5 nitrogen and oxygen atoms in total. The van der Waals surface area contributed by atoms with Crippen LogP contribution in [-0.2, 0) is 14.3 Å². The van der Waals surface area contributed by atoms with Gasteiger partial charge >= 0.3 is 0 Å². The van der Waals surface area contributed by atoms with Gasteiger partial charge in [0.15, 0.2) is 5.78 Å². The zero-order valence-corrected chi connectivity index (χ0v) is 11.8. The summed E-state index contributed by atoms with van der Waals surface area (Å²) in [5, 5.41) is 20.4. The fourth-order valence-electron chi connectivity index (χ4n) is 4.79. The first-order chi connectivity index (χ1) is 9.40. The molecule has 20 heavy (non-hydrogen) atoms. The number of aliphatic hydroxyl groups is 2. The predicted molar refractivity (Wildman–Crippen MR) is 69.0 cm³/mol. The van der Waals surface area contributed by atoms with E-state index in [-0.39, 0.29) is 18.5 Å². The number of hydrogen-bond acceptors (Lipinski definition) is 5. The van der Waals surface area contributed by atoms with E-state index < -0.39 is 28.6 Å². The molecule has 0 radical (unpaired) electrons. The topological polar surface area (TPSA) is 79.3 Å². The molecule has 0 unspecified atom stereocenters. The minimum atomic E-state index is -0.648. The van der Waals surface area contributed by atoms with Gasteiger partial charge in [0.05, 0.1) is 25.4 Å². The largest absolute Gasteiger partial charge is 0.396 e. The molecule has 1 saturated carbocycles. The molecule has 2 saturated heterocycles. The van der Waals surface area contributed by atoms with Crippen molar-refractivity contribution >= 4 is 5.78 Å². The van der Waals surface area contributed by atoms with E-state index in [1.165, 1.54) is 0 Å². The van der Waals surface area contributed by atoms with Crippen LogP contribution in [0.1, 0.15) is 26.7 Å². The molecule has 110 valence electrons. The van der Waals surface area contributed by atoms with Crippen molar-refractivity contribution < 1.29 is 24.5 Å². The number of ether oxygens (including phenoxy) is 2. The van der Waals surface area contributed by atoms with Crippen molar-refractivity contribution in [1.82, 2.24) is 0 Å². The first-order valence-electron chi connectivity index (χ1n) is 7.20. The lowest BCUT2D eigenvalue weighted by Crippen LogP contribution is -2.65. The molecular weight excluding hydrogens is 260 g/mol. The van der Waals surface area contributed by atoms with E-state index in [9.17, 15) is 15.0 Å². The summed E-state index contributed by atoms with van der Waals surface area (Å²) in [6, 6.07) is 0. The molecule has 0 amide bonds. The standard InChI is InChI=1S/C15H20O5/c1-8-3-11-14(6-16,5-9(8)17)13(2)4-10(18)12(20-11)15(13)7-19-15/h3,9,11-12,16-17H,4-7H2,1-2H3/t9-,11+,12+,13+,14+,15-/m0/s1. The van der Waals surface area contributed by atoms with Gasteiger partial charge in [-0.25, -0.2) is 0 Å². The molecule has 4 aliphatic rings. The summed E-state index contributed by atoms with van der Waals surface area (Å²) in [7, 11) is 0. The third-order valence-corrected chi connectivity index (χ3v) is 6.34. The Labute approximate surface area is 117 Å². The van der Waals surface area contributed by atoms with Crippen LogP contribution >= 0.6 is 0 Å². The maximum atomic E-state index is 12.3. The van der Waals surface area contributed by atoms with E-state index in [0.29, 0.717) is 19.4 Å². The molecule has 6 atom stereocenters. The minimum Gasteiger partial charge on any atom is -0.396 e. The highest BCUT2D eigenvalue weighted by molar-refractivity contribution is 5.90. The van der Waals surface area contributed by atoms with E-state index in [0.717, 1.165) is 5.57 Å². The molecule has 5 heteroatoms. The number of Topliss-reactive ketones (excluding diaryl/α,β-unsaturated/α-hetero) is 1. The van der Waals surface area contributed by atoms with Crippen LogP contribution in [0.3, 0.4) is 0 Å². The smallest absolute Gasteiger partial charge is 0.165 e. The monoisotopic (exact) mass is 280 g/mol. The summed E-state index contributed by atoms with van der Waals surface area (Å²) >= 11 is 0. The fourth-order valence-corrected chi connectivity index (χ4v) is 4.79. The molecule has 0 aromatic rings. The molecule has 3 fully saturated rings. The Morgan fingerprint density at radius 2 is 2.20 bits per heavy atom. The van der Waals surface area contributed by atoms with Gasteiger partial charge in [0.25, 0.3) is 0 Å². The number of aliphatic hydroxyl groups excluding tert-OH is 2. The summed E-state index contributed by atoms with van der Waals surface area (Å²) < 4.78 is 11.7. The molecule has 2 bridgehead atoms. The number of ketones is 1. The SMILES string of the molecule is CC1=C[C@H]2O[C@@H]3C(=O)C[C@](C)([C@@]2(CO)C[C@@H]1O)[C@]31CO1. The van der Waals surface area contributed by atoms with Crippen molar-refractivity contribution in [2.45, 2.75) is 50.6 Å². The second kappa shape index (κ2) is 3.53. The highest BCUT2D eigenvalue weighted by Crippen LogP contribution is 2.70. The van der Waals surface area contributed by atoms with Crippen LogP contribution in [0.25, 0.3) is 0 Å². The summed E-state index contributed by atoms with van der Waals surface area (Å²) in [6.45, 7) is 4.28. The Hall–Kier alpha value is -0.750. The maximum absolute atomic E-state index is 12.3. The van der Waals surface area contributed by atoms with Crippen LogP contribution in [0.2, 0.25) is 0 Å². The molecule has 0 aromatic heterocycles. The second-order valence-electron chi connectivity index (χ2n) is 7.03. The highest BCUT2D eigenvalue weighted by atomic mass is 16.6. The number of carbonyl (C=O) groups is 1. The van der Waals surface area contributed by atoms with Gasteiger partial charge in [-0.05, 0) is 18.9 Å². The lowest BCUT2D eigenvalue weighted by molar-refractivity contribution is -0.218. The van der Waals surface area contributed by atoms with Crippen molar-refractivity contribution in [3.63, 3.8) is 0 Å². The molecule has 2 aliphatic heterocycles. The van der Waals surface area contributed by atoms with Gasteiger partial charge in [0.1, 0.15) is 11.7 Å². The molecule has 2 heterocycles. The first kappa shape index (κ1) is 13.0. The van der Waals surface area contributed by atoms with Crippen molar-refractivity contribution in [2.24, 2.45) is 10.8 Å². The van der Waals surface area contributed by atoms with E-state index in [4.69, 9.17) is 9.47 Å². The van der Waals surface area contributed by atoms with Gasteiger partial charge in [-0.2, -0.15) is 0 Å². The first-order valence-corrected chi connectivity index (χ1v) is 7.20. The molecule has 2 aliphatic carbocycles. The third kappa shape index (κ3) is 1.14. The number of epoxide rings is 1. The summed E-state index contributed by atoms with van der Waals surface area (Å²) in [5.41, 5.74) is -0.854. The Bertz CT molecular complexity index is 522. The van der Waals surface area contributed by atoms with E-state index in [2.05, 4.69) is 0 Å². The van der Waals surface area contributed by atoms with Crippen molar-refractivity contribution in [3.8, 4) is 0 Å². The minimum absolute atomic E-state index is 0.0627. The zero-order chi connectivity index (χ0) is 14.3. The molecule has 0 aromatic carbocycles. The van der Waals surface area contributed by atoms with Gasteiger partial charge in [-0.3, -0.25) is 4.79 Å². The van der Waals surface area contributed by atoms with Gasteiger partial charge in [-0.1, -0.05) is 13.0 Å². The number of carbonyl (C=O) groups excluding carboxylic acids is 1. The second-order valence-corrected chi connectivity index (χ2v) is 7.03. The van der Waals surface area contributed by atoms with Gasteiger partial charge < -0.3 is 19.7 Å². The van der Waals surface area contributed by atoms with E-state index >= 15 is 0 Å². The quantitative estimate of drug-likeness (QED) is 0.529. The van der Waals surface area contributed by atoms with Crippen LogP contribution in [0, 0.1) is 10.8 Å². The van der Waals surface area contributed by atoms with Crippen LogP contribution in [0.4, 0.5) is 0 Å². The molecule has 1 spiro atoms. The number of rotatable bonds is 1. The van der Waals surface area contributed by atoms with Crippen molar-refractivity contribution in [1.29, 1.82) is 0 Å². The summed E-state index contributed by atoms with van der Waals surface area (Å²) in [6.07, 6.45) is 1.21.